The molecule has 1 unspecified atom stereocenters. The van der Waals surface area contributed by atoms with Crippen LogP contribution in [-0.4, -0.2) is 32.2 Å². The van der Waals surface area contributed by atoms with Gasteiger partial charge in [0.25, 0.3) is 0 Å². The fourth-order valence-electron chi connectivity index (χ4n) is 5.04. The molecule has 0 aliphatic heterocycles. The van der Waals surface area contributed by atoms with Crippen LogP contribution in [0.3, 0.4) is 0 Å². The summed E-state index contributed by atoms with van der Waals surface area (Å²) in [5.74, 6) is 1.63. The highest BCUT2D eigenvalue weighted by Gasteiger charge is 2.29. The number of rotatable bonds is 8. The fraction of sp³-hybridized carbons (Fsp3) is 0.345. The molecule has 1 atom stereocenters. The van der Waals surface area contributed by atoms with E-state index in [0.29, 0.717) is 41.5 Å². The van der Waals surface area contributed by atoms with Gasteiger partial charge >= 0.3 is 12.1 Å². The number of hydrogen-bond donors (Lipinski definition) is 1. The molecule has 38 heavy (non-hydrogen) atoms. The molecule has 0 radical (unpaired) electrons. The Balaban J connectivity index is 1.29. The molecular formula is C29H28N6O3. The predicted molar refractivity (Wildman–Crippen MR) is 142 cm³/mol. The number of carbonyl (C=O) groups is 1. The van der Waals surface area contributed by atoms with E-state index in [9.17, 15) is 10.1 Å². The van der Waals surface area contributed by atoms with Gasteiger partial charge in [-0.25, -0.2) is 9.78 Å². The molecule has 1 N–H and O–H groups in total. The summed E-state index contributed by atoms with van der Waals surface area (Å²) in [5.41, 5.74) is 4.00. The first-order chi connectivity index (χ1) is 18.6. The summed E-state index contributed by atoms with van der Waals surface area (Å²) in [6, 6.07) is 16.3. The van der Waals surface area contributed by atoms with Gasteiger partial charge < -0.3 is 14.0 Å². The molecular weight excluding hydrogens is 480 g/mol. The van der Waals surface area contributed by atoms with Crippen molar-refractivity contribution in [2.75, 3.05) is 11.9 Å². The average Bonchev–Trinajstić information content (AvgIpc) is 3.71. The summed E-state index contributed by atoms with van der Waals surface area (Å²) in [6.45, 7) is 2.55. The Hall–Kier alpha value is -4.45. The first-order valence-corrected chi connectivity index (χ1v) is 13.0. The Morgan fingerprint density at radius 2 is 1.89 bits per heavy atom. The van der Waals surface area contributed by atoms with Crippen LogP contribution in [0.2, 0.25) is 0 Å². The minimum atomic E-state index is -0.447. The highest BCUT2D eigenvalue weighted by molar-refractivity contribution is 5.96. The fourth-order valence-corrected chi connectivity index (χ4v) is 5.04. The number of benzene rings is 2. The molecule has 1 amide bonds. The zero-order valence-corrected chi connectivity index (χ0v) is 21.1. The number of nitriles is 1. The Morgan fingerprint density at radius 3 is 2.55 bits per heavy atom. The maximum absolute atomic E-state index is 12.3. The number of nitrogens with zero attached hydrogens (tertiary/aromatic N) is 5. The number of carbonyl (C=O) groups excluding carboxylic acids is 1. The monoisotopic (exact) mass is 508 g/mol. The summed E-state index contributed by atoms with van der Waals surface area (Å²) in [7, 11) is 0. The van der Waals surface area contributed by atoms with Crippen molar-refractivity contribution < 1.29 is 14.3 Å². The Labute approximate surface area is 220 Å². The highest BCUT2D eigenvalue weighted by atomic mass is 16.5. The SMILES string of the molecule is CC(COC(=O)Nc1ccc(-c2c(C#N)c3cc(Oc4ncncn4)ccc3n2C2CCC2)cc1)C1CC1. The molecule has 0 bridgehead atoms. The van der Waals surface area contributed by atoms with Crippen molar-refractivity contribution in [3.8, 4) is 29.1 Å². The highest BCUT2D eigenvalue weighted by Crippen LogP contribution is 2.43. The molecule has 2 aromatic carbocycles. The van der Waals surface area contributed by atoms with Crippen molar-refractivity contribution in [1.82, 2.24) is 19.5 Å². The van der Waals surface area contributed by atoms with Crippen LogP contribution in [0, 0.1) is 23.2 Å². The van der Waals surface area contributed by atoms with Gasteiger partial charge in [0.15, 0.2) is 0 Å². The maximum Gasteiger partial charge on any atom is 0.411 e. The van der Waals surface area contributed by atoms with Crippen molar-refractivity contribution >= 4 is 22.7 Å². The number of ether oxygens (including phenoxy) is 2. The smallest absolute Gasteiger partial charge is 0.411 e. The van der Waals surface area contributed by atoms with Gasteiger partial charge in [0.05, 0.1) is 23.4 Å². The van der Waals surface area contributed by atoms with Crippen LogP contribution in [-0.2, 0) is 4.74 Å². The zero-order chi connectivity index (χ0) is 26.1. The van der Waals surface area contributed by atoms with Crippen molar-refractivity contribution in [1.29, 1.82) is 5.26 Å². The van der Waals surface area contributed by atoms with Crippen LogP contribution in [0.5, 0.6) is 11.8 Å². The van der Waals surface area contributed by atoms with Crippen LogP contribution in [0.25, 0.3) is 22.2 Å². The first kappa shape index (κ1) is 23.9. The molecule has 9 nitrogen and oxygen atoms in total. The third kappa shape index (κ3) is 4.77. The molecule has 2 aliphatic rings. The molecule has 2 heterocycles. The minimum Gasteiger partial charge on any atom is -0.449 e. The van der Waals surface area contributed by atoms with Crippen LogP contribution in [0.1, 0.15) is 50.6 Å². The normalized spacial score (nSPS) is 15.9. The molecule has 0 spiro atoms. The molecule has 192 valence electrons. The maximum atomic E-state index is 12.3. The predicted octanol–water partition coefficient (Wildman–Crippen LogP) is 6.48. The Kier molecular flexibility index (Phi) is 6.38. The summed E-state index contributed by atoms with van der Waals surface area (Å²) in [4.78, 5) is 24.1. The topological polar surface area (TPSA) is 115 Å². The van der Waals surface area contributed by atoms with Crippen LogP contribution in [0.15, 0.2) is 55.1 Å². The molecule has 2 aromatic heterocycles. The van der Waals surface area contributed by atoms with E-state index in [1.54, 1.807) is 0 Å². The molecule has 0 saturated heterocycles. The number of anilines is 1. The van der Waals surface area contributed by atoms with Gasteiger partial charge in [-0.3, -0.25) is 5.32 Å². The standard InChI is InChI=1S/C29H28N6O3/c1-18(19-5-6-19)15-37-29(36)34-21-9-7-20(8-10-21)27-25(14-30)24-13-23(38-28-32-16-31-17-33-28)11-12-26(24)35(27)22-3-2-4-22/h7-13,16-19,22H,2-6,15H2,1H3,(H,34,36). The second-order valence-corrected chi connectivity index (χ2v) is 10.1. The van der Waals surface area contributed by atoms with E-state index in [4.69, 9.17) is 9.47 Å². The summed E-state index contributed by atoms with van der Waals surface area (Å²) in [5, 5.41) is 13.9. The van der Waals surface area contributed by atoms with E-state index < -0.39 is 6.09 Å². The summed E-state index contributed by atoms with van der Waals surface area (Å²) >= 11 is 0. The van der Waals surface area contributed by atoms with Gasteiger partial charge in [0.2, 0.25) is 0 Å². The molecule has 6 rings (SSSR count). The number of hydrogen-bond acceptors (Lipinski definition) is 7. The minimum absolute atomic E-state index is 0.195. The van der Waals surface area contributed by atoms with Crippen molar-refractivity contribution in [3.63, 3.8) is 0 Å². The lowest BCUT2D eigenvalue weighted by Crippen LogP contribution is -2.18. The molecule has 2 fully saturated rings. The van der Waals surface area contributed by atoms with Gasteiger partial charge in [0, 0.05) is 17.1 Å². The lowest BCUT2D eigenvalue weighted by Gasteiger charge is -2.30. The third-order valence-electron chi connectivity index (χ3n) is 7.51. The van der Waals surface area contributed by atoms with Gasteiger partial charge in [-0.1, -0.05) is 19.1 Å². The third-order valence-corrected chi connectivity index (χ3v) is 7.51. The summed E-state index contributed by atoms with van der Waals surface area (Å²) < 4.78 is 13.5. The Bertz CT molecular complexity index is 1500. The molecule has 2 saturated carbocycles. The molecule has 4 aromatic rings. The van der Waals surface area contributed by atoms with E-state index in [-0.39, 0.29) is 6.01 Å². The van der Waals surface area contributed by atoms with Crippen LogP contribution in [0.4, 0.5) is 10.5 Å². The second-order valence-electron chi connectivity index (χ2n) is 10.1. The number of amides is 1. The van der Waals surface area contributed by atoms with E-state index in [1.165, 1.54) is 25.5 Å². The van der Waals surface area contributed by atoms with E-state index >= 15 is 0 Å². The van der Waals surface area contributed by atoms with Gasteiger partial charge in [0.1, 0.15) is 24.5 Å². The van der Waals surface area contributed by atoms with E-state index in [1.807, 2.05) is 42.5 Å². The first-order valence-electron chi connectivity index (χ1n) is 13.0. The lowest BCUT2D eigenvalue weighted by molar-refractivity contribution is 0.139. The zero-order valence-electron chi connectivity index (χ0n) is 21.1. The Morgan fingerprint density at radius 1 is 1.13 bits per heavy atom. The number of nitrogens with one attached hydrogen (secondary N) is 1. The molecule has 2 aliphatic carbocycles. The van der Waals surface area contributed by atoms with Crippen molar-refractivity contribution in [3.05, 3.63) is 60.7 Å². The number of fused-ring (bicyclic) bond motifs is 1. The largest absolute Gasteiger partial charge is 0.449 e. The van der Waals surface area contributed by atoms with Crippen LogP contribution >= 0.6 is 0 Å². The number of aromatic nitrogens is 4. The summed E-state index contributed by atoms with van der Waals surface area (Å²) in [6.07, 6.45) is 8.05. The van der Waals surface area contributed by atoms with Gasteiger partial charge in [-0.05, 0) is 79.8 Å². The quantitative estimate of drug-likeness (QED) is 0.290. The second kappa shape index (κ2) is 10.1. The van der Waals surface area contributed by atoms with Crippen molar-refractivity contribution in [2.45, 2.75) is 45.1 Å². The van der Waals surface area contributed by atoms with E-state index in [2.05, 4.69) is 37.8 Å². The lowest BCUT2D eigenvalue weighted by atomic mass is 9.92. The average molecular weight is 509 g/mol. The van der Waals surface area contributed by atoms with Gasteiger partial charge in [-0.15, -0.1) is 0 Å². The molecule has 9 heteroatoms. The van der Waals surface area contributed by atoms with Crippen molar-refractivity contribution in [2.24, 2.45) is 11.8 Å². The van der Waals surface area contributed by atoms with Crippen LogP contribution < -0.4 is 10.1 Å². The van der Waals surface area contributed by atoms with E-state index in [0.717, 1.165) is 41.4 Å². The van der Waals surface area contributed by atoms with Gasteiger partial charge in [-0.2, -0.15) is 15.2 Å².